The molecule has 0 spiro atoms. The summed E-state index contributed by atoms with van der Waals surface area (Å²) < 4.78 is 6.97. The number of hydrogen-bond donors (Lipinski definition) is 1. The smallest absolute Gasteiger partial charge is 0.337 e. The standard InChI is InChI=1S/C16H18N2O2/c1-10(17)9-18-6-5-12-7-11-3-4-13(16(19)20-2)8-14(11)15(12)18/h3-6,8,10H,7,9,17H2,1-2H3. The van der Waals surface area contributed by atoms with Crippen molar-refractivity contribution in [2.75, 3.05) is 7.11 Å². The predicted molar refractivity (Wildman–Crippen MR) is 77.7 cm³/mol. The van der Waals surface area contributed by atoms with E-state index in [1.165, 1.54) is 23.9 Å². The van der Waals surface area contributed by atoms with E-state index in [4.69, 9.17) is 10.5 Å². The fraction of sp³-hybridized carbons (Fsp3) is 0.312. The van der Waals surface area contributed by atoms with Gasteiger partial charge in [-0.2, -0.15) is 0 Å². The third-order valence-electron chi connectivity index (χ3n) is 3.70. The van der Waals surface area contributed by atoms with Crippen molar-refractivity contribution in [1.82, 2.24) is 4.57 Å². The van der Waals surface area contributed by atoms with E-state index in [-0.39, 0.29) is 12.0 Å². The van der Waals surface area contributed by atoms with E-state index < -0.39 is 0 Å². The summed E-state index contributed by atoms with van der Waals surface area (Å²) in [5, 5.41) is 0. The van der Waals surface area contributed by atoms with Crippen molar-refractivity contribution < 1.29 is 9.53 Å². The Bertz CT molecular complexity index is 671. The highest BCUT2D eigenvalue weighted by molar-refractivity contribution is 5.92. The molecule has 2 N–H and O–H groups in total. The Kier molecular flexibility index (Phi) is 3.10. The second-order valence-electron chi connectivity index (χ2n) is 5.36. The topological polar surface area (TPSA) is 57.2 Å². The van der Waals surface area contributed by atoms with E-state index >= 15 is 0 Å². The molecule has 0 bridgehead atoms. The third-order valence-corrected chi connectivity index (χ3v) is 3.70. The van der Waals surface area contributed by atoms with Gasteiger partial charge in [0, 0.05) is 30.8 Å². The SMILES string of the molecule is COC(=O)c1ccc2c(c1)-c1c(ccn1CC(C)N)C2. The number of esters is 1. The number of benzene rings is 1. The molecule has 4 nitrogen and oxygen atoms in total. The molecule has 1 aromatic carbocycles. The Balaban J connectivity index is 2.07. The molecule has 0 fully saturated rings. The molecular formula is C16H18N2O2. The van der Waals surface area contributed by atoms with E-state index in [1.54, 1.807) is 0 Å². The zero-order chi connectivity index (χ0) is 14.3. The van der Waals surface area contributed by atoms with Crippen LogP contribution in [0.25, 0.3) is 11.3 Å². The molecule has 1 atom stereocenters. The summed E-state index contributed by atoms with van der Waals surface area (Å²) in [5.74, 6) is -0.299. The zero-order valence-corrected chi connectivity index (χ0v) is 11.7. The second kappa shape index (κ2) is 4.80. The van der Waals surface area contributed by atoms with Crippen LogP contribution in [0.2, 0.25) is 0 Å². The van der Waals surface area contributed by atoms with Crippen LogP contribution in [0.4, 0.5) is 0 Å². The Labute approximate surface area is 118 Å². The zero-order valence-electron chi connectivity index (χ0n) is 11.7. The van der Waals surface area contributed by atoms with Crippen molar-refractivity contribution in [2.45, 2.75) is 25.9 Å². The molecule has 2 aromatic rings. The molecule has 1 heterocycles. The van der Waals surface area contributed by atoms with Gasteiger partial charge in [-0.15, -0.1) is 0 Å². The van der Waals surface area contributed by atoms with Crippen LogP contribution in [0.5, 0.6) is 0 Å². The van der Waals surface area contributed by atoms with Gasteiger partial charge >= 0.3 is 5.97 Å². The first-order valence-electron chi connectivity index (χ1n) is 6.75. The van der Waals surface area contributed by atoms with Crippen molar-refractivity contribution >= 4 is 5.97 Å². The summed E-state index contributed by atoms with van der Waals surface area (Å²) in [6, 6.07) is 7.99. The van der Waals surface area contributed by atoms with E-state index in [1.807, 2.05) is 25.1 Å². The maximum atomic E-state index is 11.7. The average Bonchev–Trinajstić information content (AvgIpc) is 2.96. The molecule has 104 valence electrons. The maximum absolute atomic E-state index is 11.7. The van der Waals surface area contributed by atoms with Gasteiger partial charge in [0.25, 0.3) is 0 Å². The first-order chi connectivity index (χ1) is 9.60. The average molecular weight is 270 g/mol. The van der Waals surface area contributed by atoms with E-state index in [0.717, 1.165) is 18.5 Å². The van der Waals surface area contributed by atoms with Gasteiger partial charge in [-0.05, 0) is 36.2 Å². The quantitative estimate of drug-likeness (QED) is 0.742. The molecule has 1 aromatic heterocycles. The molecule has 0 amide bonds. The minimum atomic E-state index is -0.299. The Hall–Kier alpha value is -2.07. The van der Waals surface area contributed by atoms with Crippen LogP contribution < -0.4 is 5.73 Å². The van der Waals surface area contributed by atoms with Gasteiger partial charge in [0.2, 0.25) is 0 Å². The van der Waals surface area contributed by atoms with Gasteiger partial charge in [-0.25, -0.2) is 4.79 Å². The van der Waals surface area contributed by atoms with E-state index in [2.05, 4.69) is 16.8 Å². The highest BCUT2D eigenvalue weighted by atomic mass is 16.5. The lowest BCUT2D eigenvalue weighted by molar-refractivity contribution is 0.0601. The van der Waals surface area contributed by atoms with Crippen molar-refractivity contribution in [1.29, 1.82) is 0 Å². The summed E-state index contributed by atoms with van der Waals surface area (Å²) in [6.07, 6.45) is 2.99. The van der Waals surface area contributed by atoms with Crippen molar-refractivity contribution in [3.05, 3.63) is 47.2 Å². The minimum absolute atomic E-state index is 0.0966. The Morgan fingerprint density at radius 1 is 1.40 bits per heavy atom. The number of carbonyl (C=O) groups is 1. The molecule has 3 rings (SSSR count). The fourth-order valence-corrected chi connectivity index (χ4v) is 2.85. The molecule has 4 heteroatoms. The first-order valence-corrected chi connectivity index (χ1v) is 6.75. The number of nitrogens with two attached hydrogens (primary N) is 1. The largest absolute Gasteiger partial charge is 0.465 e. The lowest BCUT2D eigenvalue weighted by Crippen LogP contribution is -2.22. The van der Waals surface area contributed by atoms with Gasteiger partial charge in [-0.1, -0.05) is 6.07 Å². The molecule has 1 unspecified atom stereocenters. The molecule has 0 saturated carbocycles. The van der Waals surface area contributed by atoms with Crippen molar-refractivity contribution in [3.8, 4) is 11.3 Å². The molecule has 0 saturated heterocycles. The molecule has 1 aliphatic carbocycles. The number of carbonyl (C=O) groups excluding carboxylic acids is 1. The van der Waals surface area contributed by atoms with Gasteiger partial charge in [0.15, 0.2) is 0 Å². The van der Waals surface area contributed by atoms with Gasteiger partial charge in [0.1, 0.15) is 0 Å². The number of methoxy groups -OCH3 is 1. The van der Waals surface area contributed by atoms with Crippen LogP contribution in [0, 0.1) is 0 Å². The Morgan fingerprint density at radius 3 is 2.90 bits per heavy atom. The molecule has 20 heavy (non-hydrogen) atoms. The summed E-state index contributed by atoms with van der Waals surface area (Å²) in [7, 11) is 1.40. The number of ether oxygens (including phenoxy) is 1. The van der Waals surface area contributed by atoms with E-state index in [0.29, 0.717) is 5.56 Å². The Morgan fingerprint density at radius 2 is 2.20 bits per heavy atom. The summed E-state index contributed by atoms with van der Waals surface area (Å²) in [6.45, 7) is 2.77. The highest BCUT2D eigenvalue weighted by Crippen LogP contribution is 2.38. The number of fused-ring (bicyclic) bond motifs is 3. The third kappa shape index (κ3) is 2.02. The first kappa shape index (κ1) is 12.9. The van der Waals surface area contributed by atoms with Crippen molar-refractivity contribution in [2.24, 2.45) is 5.73 Å². The molecule has 0 aliphatic heterocycles. The van der Waals surface area contributed by atoms with Crippen LogP contribution in [0.3, 0.4) is 0 Å². The normalized spacial score (nSPS) is 13.8. The molecule has 1 aliphatic rings. The highest BCUT2D eigenvalue weighted by Gasteiger charge is 2.23. The lowest BCUT2D eigenvalue weighted by Gasteiger charge is -2.12. The van der Waals surface area contributed by atoms with E-state index in [9.17, 15) is 4.79 Å². The second-order valence-corrected chi connectivity index (χ2v) is 5.36. The molecule has 0 radical (unpaired) electrons. The van der Waals surface area contributed by atoms with Gasteiger partial charge < -0.3 is 15.0 Å². The monoisotopic (exact) mass is 270 g/mol. The van der Waals surface area contributed by atoms with Gasteiger partial charge in [-0.3, -0.25) is 0 Å². The summed E-state index contributed by atoms with van der Waals surface area (Å²) in [5.41, 5.74) is 11.3. The number of rotatable bonds is 3. The number of hydrogen-bond acceptors (Lipinski definition) is 3. The van der Waals surface area contributed by atoms with Crippen LogP contribution in [-0.4, -0.2) is 23.7 Å². The van der Waals surface area contributed by atoms with Crippen molar-refractivity contribution in [3.63, 3.8) is 0 Å². The number of aromatic nitrogens is 1. The predicted octanol–water partition coefficient (Wildman–Crippen LogP) is 2.19. The summed E-state index contributed by atoms with van der Waals surface area (Å²) >= 11 is 0. The maximum Gasteiger partial charge on any atom is 0.337 e. The molecular weight excluding hydrogens is 252 g/mol. The van der Waals surface area contributed by atoms with Crippen LogP contribution in [0.1, 0.15) is 28.4 Å². The fourth-order valence-electron chi connectivity index (χ4n) is 2.85. The van der Waals surface area contributed by atoms with Crippen LogP contribution >= 0.6 is 0 Å². The van der Waals surface area contributed by atoms with Crippen LogP contribution in [-0.2, 0) is 17.7 Å². The summed E-state index contributed by atoms with van der Waals surface area (Å²) in [4.78, 5) is 11.7. The lowest BCUT2D eigenvalue weighted by atomic mass is 10.1. The van der Waals surface area contributed by atoms with Gasteiger partial charge in [0.05, 0.1) is 18.4 Å². The number of nitrogens with zero attached hydrogens (tertiary/aromatic N) is 1. The van der Waals surface area contributed by atoms with Crippen LogP contribution in [0.15, 0.2) is 30.5 Å². The minimum Gasteiger partial charge on any atom is -0.465 e.